The van der Waals surface area contributed by atoms with E-state index in [1.54, 1.807) is 0 Å². The van der Waals surface area contributed by atoms with E-state index in [9.17, 15) is 4.79 Å². The van der Waals surface area contributed by atoms with E-state index in [1.807, 2.05) is 12.1 Å². The summed E-state index contributed by atoms with van der Waals surface area (Å²) in [4.78, 5) is 11.2. The molecule has 76 valence electrons. The van der Waals surface area contributed by atoms with Gasteiger partial charge in [0.05, 0.1) is 7.11 Å². The molecule has 1 N–H and O–H groups in total. The molecule has 0 bridgehead atoms. The third kappa shape index (κ3) is 2.42. The van der Waals surface area contributed by atoms with Gasteiger partial charge < -0.3 is 4.74 Å². The van der Waals surface area contributed by atoms with Crippen molar-refractivity contribution in [3.8, 4) is 0 Å². The molecule has 4 heteroatoms. The molecule has 4 nitrogen and oxygen atoms in total. The highest BCUT2D eigenvalue weighted by Crippen LogP contribution is 2.17. The fraction of sp³-hybridized carbons (Fsp3) is 0.889. The minimum Gasteiger partial charge on any atom is -0.468 e. The van der Waals surface area contributed by atoms with Gasteiger partial charge in [-0.3, -0.25) is 4.79 Å². The first-order valence-electron chi connectivity index (χ1n) is 4.75. The number of carbonyl (C=O) groups is 1. The van der Waals surface area contributed by atoms with Crippen LogP contribution in [0.3, 0.4) is 0 Å². The molecule has 0 spiro atoms. The maximum Gasteiger partial charge on any atom is 0.324 e. The second kappa shape index (κ2) is 4.58. The van der Waals surface area contributed by atoms with Crippen molar-refractivity contribution in [3.63, 3.8) is 0 Å². The van der Waals surface area contributed by atoms with E-state index in [-0.39, 0.29) is 12.0 Å². The Hall–Kier alpha value is -0.610. The molecule has 1 fully saturated rings. The molecule has 2 atom stereocenters. The fourth-order valence-corrected chi connectivity index (χ4v) is 1.77. The first-order valence-corrected chi connectivity index (χ1v) is 4.75. The predicted molar refractivity (Wildman–Crippen MR) is 50.0 cm³/mol. The van der Waals surface area contributed by atoms with Crippen LogP contribution in [0, 0.1) is 0 Å². The van der Waals surface area contributed by atoms with Gasteiger partial charge in [0.15, 0.2) is 0 Å². The number of hydrazine groups is 1. The van der Waals surface area contributed by atoms with Gasteiger partial charge in [-0.15, -0.1) is 0 Å². The standard InChI is InChI=1S/C9H18N2O2/c1-4-5-7-6-8(9(12)13-3)10-11(7)2/h7-8,10H,4-6H2,1-3H3. The number of nitrogens with one attached hydrogen (secondary N) is 1. The molecule has 1 saturated heterocycles. The summed E-state index contributed by atoms with van der Waals surface area (Å²) in [6.07, 6.45) is 3.12. The average molecular weight is 186 g/mol. The largest absolute Gasteiger partial charge is 0.468 e. The topological polar surface area (TPSA) is 41.6 Å². The van der Waals surface area contributed by atoms with Gasteiger partial charge in [0.25, 0.3) is 0 Å². The monoisotopic (exact) mass is 186 g/mol. The molecular formula is C9H18N2O2. The predicted octanol–water partition coefficient (Wildman–Crippen LogP) is 0.537. The summed E-state index contributed by atoms with van der Waals surface area (Å²) >= 11 is 0. The summed E-state index contributed by atoms with van der Waals surface area (Å²) in [6, 6.07) is 0.320. The van der Waals surface area contributed by atoms with Gasteiger partial charge in [-0.05, 0) is 12.8 Å². The highest BCUT2D eigenvalue weighted by molar-refractivity contribution is 5.75. The van der Waals surface area contributed by atoms with Crippen molar-refractivity contribution in [1.29, 1.82) is 0 Å². The molecule has 0 aliphatic carbocycles. The van der Waals surface area contributed by atoms with Crippen molar-refractivity contribution in [3.05, 3.63) is 0 Å². The average Bonchev–Trinajstić information content (AvgIpc) is 2.47. The second-order valence-electron chi connectivity index (χ2n) is 3.49. The van der Waals surface area contributed by atoms with Crippen molar-refractivity contribution in [2.45, 2.75) is 38.3 Å². The summed E-state index contributed by atoms with van der Waals surface area (Å²) in [5, 5.41) is 2.02. The van der Waals surface area contributed by atoms with Crippen LogP contribution in [-0.4, -0.2) is 37.2 Å². The first kappa shape index (κ1) is 10.5. The molecule has 0 saturated carbocycles. The third-order valence-corrected chi connectivity index (χ3v) is 2.52. The van der Waals surface area contributed by atoms with Crippen LogP contribution < -0.4 is 5.43 Å². The lowest BCUT2D eigenvalue weighted by atomic mass is 10.1. The van der Waals surface area contributed by atoms with Crippen molar-refractivity contribution in [2.24, 2.45) is 0 Å². The molecule has 2 unspecified atom stereocenters. The zero-order valence-corrected chi connectivity index (χ0v) is 8.54. The lowest BCUT2D eigenvalue weighted by molar-refractivity contribution is -0.143. The number of hydrogen-bond acceptors (Lipinski definition) is 4. The van der Waals surface area contributed by atoms with E-state index in [2.05, 4.69) is 17.1 Å². The quantitative estimate of drug-likeness (QED) is 0.653. The number of methoxy groups -OCH3 is 1. The highest BCUT2D eigenvalue weighted by atomic mass is 16.5. The molecule has 1 heterocycles. The normalized spacial score (nSPS) is 29.2. The number of esters is 1. The van der Waals surface area contributed by atoms with Crippen LogP contribution in [-0.2, 0) is 9.53 Å². The van der Waals surface area contributed by atoms with Crippen LogP contribution in [0.25, 0.3) is 0 Å². The summed E-state index contributed by atoms with van der Waals surface area (Å²) in [5.74, 6) is -0.162. The van der Waals surface area contributed by atoms with Gasteiger partial charge in [0, 0.05) is 13.1 Å². The molecule has 0 aromatic heterocycles. The molecule has 1 rings (SSSR count). The smallest absolute Gasteiger partial charge is 0.324 e. The number of carbonyl (C=O) groups excluding carboxylic acids is 1. The molecule has 1 aliphatic heterocycles. The molecule has 0 amide bonds. The number of rotatable bonds is 3. The van der Waals surface area contributed by atoms with E-state index < -0.39 is 0 Å². The van der Waals surface area contributed by atoms with E-state index in [0.29, 0.717) is 6.04 Å². The second-order valence-corrected chi connectivity index (χ2v) is 3.49. The van der Waals surface area contributed by atoms with E-state index in [0.717, 1.165) is 19.3 Å². The molecule has 1 aliphatic rings. The highest BCUT2D eigenvalue weighted by Gasteiger charge is 2.33. The fourth-order valence-electron chi connectivity index (χ4n) is 1.77. The van der Waals surface area contributed by atoms with Crippen molar-refractivity contribution < 1.29 is 9.53 Å². The Balaban J connectivity index is 2.44. The maximum atomic E-state index is 11.2. The van der Waals surface area contributed by atoms with Gasteiger partial charge >= 0.3 is 5.97 Å². The van der Waals surface area contributed by atoms with Crippen LogP contribution in [0.2, 0.25) is 0 Å². The van der Waals surface area contributed by atoms with Crippen molar-refractivity contribution in [1.82, 2.24) is 10.4 Å². The van der Waals surface area contributed by atoms with E-state index in [4.69, 9.17) is 0 Å². The van der Waals surface area contributed by atoms with Gasteiger partial charge in [-0.2, -0.15) is 0 Å². The molecule has 0 radical (unpaired) electrons. The van der Waals surface area contributed by atoms with Crippen molar-refractivity contribution >= 4 is 5.97 Å². The van der Waals surface area contributed by atoms with Crippen LogP contribution in [0.4, 0.5) is 0 Å². The van der Waals surface area contributed by atoms with E-state index >= 15 is 0 Å². The lowest BCUT2D eigenvalue weighted by Gasteiger charge is -2.17. The number of ether oxygens (including phenoxy) is 1. The Morgan fingerprint density at radius 1 is 1.69 bits per heavy atom. The Morgan fingerprint density at radius 3 is 2.92 bits per heavy atom. The molecule has 0 aromatic rings. The van der Waals surface area contributed by atoms with Gasteiger partial charge in [0.1, 0.15) is 6.04 Å². The third-order valence-electron chi connectivity index (χ3n) is 2.52. The SMILES string of the molecule is CCCC1CC(C(=O)OC)NN1C. The summed E-state index contributed by atoms with van der Waals surface area (Å²) in [7, 11) is 3.40. The van der Waals surface area contributed by atoms with Gasteiger partial charge in [-0.25, -0.2) is 10.4 Å². The maximum absolute atomic E-state index is 11.2. The minimum absolute atomic E-state index is 0.147. The minimum atomic E-state index is -0.162. The Bertz CT molecular complexity index is 184. The molecular weight excluding hydrogens is 168 g/mol. The Kier molecular flexibility index (Phi) is 3.69. The number of hydrogen-bond donors (Lipinski definition) is 1. The first-order chi connectivity index (χ1) is 6.19. The van der Waals surface area contributed by atoms with Crippen LogP contribution in [0.5, 0.6) is 0 Å². The Labute approximate surface area is 79.2 Å². The Morgan fingerprint density at radius 2 is 2.38 bits per heavy atom. The molecule has 0 aromatic carbocycles. The van der Waals surface area contributed by atoms with Gasteiger partial charge in [-0.1, -0.05) is 13.3 Å². The summed E-state index contributed by atoms with van der Waals surface area (Å²) in [5.41, 5.74) is 3.10. The van der Waals surface area contributed by atoms with Crippen LogP contribution in [0.1, 0.15) is 26.2 Å². The lowest BCUT2D eigenvalue weighted by Crippen LogP contribution is -2.39. The number of nitrogens with zero attached hydrogens (tertiary/aromatic N) is 1. The van der Waals surface area contributed by atoms with Gasteiger partial charge in [0.2, 0.25) is 0 Å². The zero-order valence-electron chi connectivity index (χ0n) is 8.54. The summed E-state index contributed by atoms with van der Waals surface area (Å²) < 4.78 is 4.68. The van der Waals surface area contributed by atoms with Crippen LogP contribution in [0.15, 0.2) is 0 Å². The zero-order chi connectivity index (χ0) is 9.84. The van der Waals surface area contributed by atoms with Crippen molar-refractivity contribution in [2.75, 3.05) is 14.2 Å². The van der Waals surface area contributed by atoms with Crippen LogP contribution >= 0.6 is 0 Å². The van der Waals surface area contributed by atoms with E-state index in [1.165, 1.54) is 7.11 Å². The molecule has 13 heavy (non-hydrogen) atoms. The summed E-state index contributed by atoms with van der Waals surface area (Å²) in [6.45, 7) is 2.15.